The molecule has 1 aliphatic rings. The monoisotopic (exact) mass is 738 g/mol. The van der Waals surface area contributed by atoms with Gasteiger partial charge in [0.2, 0.25) is 0 Å². The highest BCUT2D eigenvalue weighted by Gasteiger charge is 2.55. The molecule has 1 fully saturated rings. The highest BCUT2D eigenvalue weighted by molar-refractivity contribution is 7.72. The lowest BCUT2D eigenvalue weighted by molar-refractivity contribution is -0.0905. The van der Waals surface area contributed by atoms with Crippen LogP contribution in [0.4, 0.5) is 0 Å². The summed E-state index contributed by atoms with van der Waals surface area (Å²) in [4.78, 5) is 24.2. The highest BCUT2D eigenvalue weighted by Crippen LogP contribution is 2.70. The van der Waals surface area contributed by atoms with Gasteiger partial charge in [-0.25, -0.2) is 14.5 Å². The molecule has 0 aliphatic carbocycles. The van der Waals surface area contributed by atoms with E-state index in [1.165, 1.54) is 6.33 Å². The Morgan fingerprint density at radius 2 is 1.49 bits per heavy atom. The second kappa shape index (κ2) is 16.2. The van der Waals surface area contributed by atoms with Crippen molar-refractivity contribution in [2.45, 2.75) is 76.4 Å². The lowest BCUT2D eigenvalue weighted by atomic mass is 9.80. The van der Waals surface area contributed by atoms with Gasteiger partial charge in [0.1, 0.15) is 35.5 Å². The molecule has 12 heteroatoms. The Bertz CT molecular complexity index is 2000. The van der Waals surface area contributed by atoms with Gasteiger partial charge in [-0.15, -0.1) is 0 Å². The van der Waals surface area contributed by atoms with Crippen molar-refractivity contribution in [2.75, 3.05) is 27.0 Å². The summed E-state index contributed by atoms with van der Waals surface area (Å²) in [5.41, 5.74) is 2.42. The third-order valence-electron chi connectivity index (χ3n) is 10.6. The van der Waals surface area contributed by atoms with Crippen LogP contribution in [0.2, 0.25) is 0 Å². The van der Waals surface area contributed by atoms with Crippen LogP contribution in [0.15, 0.2) is 96.3 Å². The Morgan fingerprint density at radius 1 is 0.906 bits per heavy atom. The fourth-order valence-electron chi connectivity index (χ4n) is 7.69. The number of nitriles is 1. The zero-order chi connectivity index (χ0) is 37.8. The Morgan fingerprint density at radius 3 is 2.04 bits per heavy atom. The van der Waals surface area contributed by atoms with E-state index < -0.39 is 31.5 Å². The number of ether oxygens (including phenoxy) is 4. The lowest BCUT2D eigenvalue weighted by Crippen LogP contribution is -2.40. The van der Waals surface area contributed by atoms with E-state index in [-0.39, 0.29) is 34.9 Å². The number of methoxy groups -OCH3 is 2. The van der Waals surface area contributed by atoms with Crippen molar-refractivity contribution in [3.05, 3.63) is 119 Å². The molecule has 0 bridgehead atoms. The Balaban J connectivity index is 1.48. The highest BCUT2D eigenvalue weighted by atomic mass is 31.2. The van der Waals surface area contributed by atoms with E-state index in [4.69, 9.17) is 23.5 Å². The number of rotatable bonds is 15. The first-order valence-electron chi connectivity index (χ1n) is 18.1. The van der Waals surface area contributed by atoms with Crippen LogP contribution in [0.25, 0.3) is 11.2 Å². The van der Waals surface area contributed by atoms with E-state index in [9.17, 15) is 10.1 Å². The molecule has 0 saturated carbocycles. The summed E-state index contributed by atoms with van der Waals surface area (Å²) in [5.74, 6) is 1.26. The summed E-state index contributed by atoms with van der Waals surface area (Å²) in [6, 6.07) is 28.4. The van der Waals surface area contributed by atoms with Crippen molar-refractivity contribution in [1.82, 2.24) is 19.5 Å². The topological polar surface area (TPSA) is 134 Å². The Hall–Kier alpha value is -4.59. The van der Waals surface area contributed by atoms with Crippen molar-refractivity contribution in [1.29, 1.82) is 5.26 Å². The zero-order valence-corrected chi connectivity index (χ0v) is 32.3. The molecule has 5 aromatic rings. The van der Waals surface area contributed by atoms with E-state index in [1.54, 1.807) is 20.5 Å². The van der Waals surface area contributed by atoms with Crippen molar-refractivity contribution >= 4 is 18.7 Å². The number of imidazole rings is 1. The van der Waals surface area contributed by atoms with Gasteiger partial charge in [0.25, 0.3) is 5.56 Å². The van der Waals surface area contributed by atoms with E-state index in [1.807, 2.05) is 71.3 Å². The maximum Gasteiger partial charge on any atom is 0.278 e. The number of aromatic nitrogens is 4. The lowest BCUT2D eigenvalue weighted by Gasteiger charge is -2.39. The first-order valence-corrected chi connectivity index (χ1v) is 20.1. The van der Waals surface area contributed by atoms with Gasteiger partial charge in [0.15, 0.2) is 18.7 Å². The number of aromatic amines is 1. The minimum Gasteiger partial charge on any atom is -0.497 e. The maximum atomic E-state index is 12.7. The zero-order valence-electron chi connectivity index (χ0n) is 31.4. The molecular weight excluding hydrogens is 689 g/mol. The van der Waals surface area contributed by atoms with Gasteiger partial charge < -0.3 is 23.9 Å². The van der Waals surface area contributed by atoms with Crippen LogP contribution < -0.4 is 15.0 Å². The van der Waals surface area contributed by atoms with E-state index in [2.05, 4.69) is 67.8 Å². The Kier molecular flexibility index (Phi) is 11.7. The normalized spacial score (nSPS) is 19.2. The van der Waals surface area contributed by atoms with Gasteiger partial charge in [-0.05, 0) is 68.7 Å². The SMILES string of the molecule is COc1ccc(C(OC[C@H]2O[C@@H](n3cnc4c(=O)[nH]cnc43)[C@@H](C)[C@@H]2O[P+](CCC#N)(C(C)C)C(C)C)(c2ccccc2)c2ccc(OC)cc2)cc1. The van der Waals surface area contributed by atoms with Crippen molar-refractivity contribution < 1.29 is 23.5 Å². The van der Waals surface area contributed by atoms with Crippen LogP contribution >= 0.6 is 7.49 Å². The quantitative estimate of drug-likeness (QED) is 0.0846. The molecular formula is C41H49N5O6P+. The van der Waals surface area contributed by atoms with Crippen LogP contribution in [0.1, 0.15) is 64.0 Å². The molecule has 3 heterocycles. The van der Waals surface area contributed by atoms with Gasteiger partial charge in [-0.3, -0.25) is 9.36 Å². The molecule has 278 valence electrons. The molecule has 53 heavy (non-hydrogen) atoms. The molecule has 6 rings (SSSR count). The van der Waals surface area contributed by atoms with Gasteiger partial charge in [-0.1, -0.05) is 61.5 Å². The number of nitrogens with one attached hydrogen (secondary N) is 1. The molecule has 1 N–H and O–H groups in total. The standard InChI is InChI=1S/C41H48N5O6P/c1-27(2)53(28(3)4,23-11-22-42)52-37-29(5)40(46-26-45-36-38(46)43-25-44-39(36)47)51-35(37)24-50-41(30-12-9-8-10-13-30,31-14-18-33(48-6)19-15-31)32-16-20-34(49-7)21-17-32/h8-10,12-21,25-29,35,37,40H,11,23-24H2,1-7H3/p+1/t29-,35+,37-,40+/m0/s1. The van der Waals surface area contributed by atoms with Crippen molar-refractivity contribution in [2.24, 2.45) is 5.92 Å². The summed E-state index contributed by atoms with van der Waals surface area (Å²) in [5, 5.41) is 9.72. The van der Waals surface area contributed by atoms with Gasteiger partial charge in [-0.2, -0.15) is 5.26 Å². The fourth-order valence-corrected chi connectivity index (χ4v) is 11.7. The van der Waals surface area contributed by atoms with E-state index in [0.29, 0.717) is 18.2 Å². The third-order valence-corrected chi connectivity index (χ3v) is 15.6. The van der Waals surface area contributed by atoms with Crippen LogP contribution in [-0.2, 0) is 19.6 Å². The van der Waals surface area contributed by atoms with Crippen LogP contribution in [0.5, 0.6) is 11.5 Å². The second-order valence-electron chi connectivity index (χ2n) is 14.0. The number of fused-ring (bicyclic) bond motifs is 1. The smallest absolute Gasteiger partial charge is 0.278 e. The minimum absolute atomic E-state index is 0.146. The van der Waals surface area contributed by atoms with Gasteiger partial charge >= 0.3 is 0 Å². The summed E-state index contributed by atoms with van der Waals surface area (Å²) in [7, 11) is 1.12. The molecule has 0 radical (unpaired) electrons. The summed E-state index contributed by atoms with van der Waals surface area (Å²) in [6.07, 6.45) is 2.55. The molecule has 0 spiro atoms. The molecule has 1 aliphatic heterocycles. The number of nitrogens with zero attached hydrogens (tertiary/aromatic N) is 4. The fraction of sp³-hybridized carbons (Fsp3) is 0.415. The largest absolute Gasteiger partial charge is 0.497 e. The van der Waals surface area contributed by atoms with Crippen molar-refractivity contribution in [3.63, 3.8) is 0 Å². The molecule has 11 nitrogen and oxygen atoms in total. The first kappa shape index (κ1) is 38.1. The predicted octanol–water partition coefficient (Wildman–Crippen LogP) is 7.73. The average Bonchev–Trinajstić information content (AvgIpc) is 3.75. The maximum absolute atomic E-state index is 12.7. The number of hydrogen-bond acceptors (Lipinski definition) is 9. The van der Waals surface area contributed by atoms with Crippen molar-refractivity contribution in [3.8, 4) is 17.6 Å². The number of benzene rings is 3. The Labute approximate surface area is 311 Å². The molecule has 0 amide bonds. The van der Waals surface area contributed by atoms with Gasteiger partial charge in [0.05, 0.1) is 63.5 Å². The van der Waals surface area contributed by atoms with Crippen LogP contribution in [0.3, 0.4) is 0 Å². The second-order valence-corrected chi connectivity index (χ2v) is 18.5. The summed E-state index contributed by atoms with van der Waals surface area (Å²) >= 11 is 0. The van der Waals surface area contributed by atoms with Crippen LogP contribution in [-0.4, -0.2) is 70.0 Å². The summed E-state index contributed by atoms with van der Waals surface area (Å²) in [6.45, 7) is 11.0. The molecule has 1 saturated heterocycles. The molecule has 4 atom stereocenters. The molecule has 0 unspecified atom stereocenters. The predicted molar refractivity (Wildman–Crippen MR) is 207 cm³/mol. The van der Waals surface area contributed by atoms with E-state index >= 15 is 0 Å². The molecule has 2 aromatic heterocycles. The number of hydrogen-bond donors (Lipinski definition) is 1. The molecule has 3 aromatic carbocycles. The first-order chi connectivity index (χ1) is 25.6. The average molecular weight is 739 g/mol. The van der Waals surface area contributed by atoms with E-state index in [0.717, 1.165) is 28.2 Å². The minimum atomic E-state index is -2.18. The third kappa shape index (κ3) is 7.21. The summed E-state index contributed by atoms with van der Waals surface area (Å²) < 4.78 is 34.7. The van der Waals surface area contributed by atoms with Crippen LogP contribution in [0, 0.1) is 17.2 Å². The number of H-pyrrole nitrogens is 1. The van der Waals surface area contributed by atoms with Gasteiger partial charge in [0, 0.05) is 5.92 Å².